The van der Waals surface area contributed by atoms with E-state index in [1.165, 1.54) is 19.6 Å². The van der Waals surface area contributed by atoms with Crippen LogP contribution in [0.1, 0.15) is 48.3 Å². The first-order valence-electron chi connectivity index (χ1n) is 11.3. The van der Waals surface area contributed by atoms with Gasteiger partial charge in [-0.2, -0.15) is 4.98 Å². The molecule has 1 aromatic carbocycles. The quantitative estimate of drug-likeness (QED) is 0.359. The van der Waals surface area contributed by atoms with Gasteiger partial charge in [0.2, 0.25) is 5.91 Å². The van der Waals surface area contributed by atoms with Gasteiger partial charge >= 0.3 is 5.97 Å². The number of hydrogen-bond acceptors (Lipinski definition) is 8. The lowest BCUT2D eigenvalue weighted by atomic mass is 9.70. The molecule has 2 aromatic heterocycles. The van der Waals surface area contributed by atoms with E-state index in [9.17, 15) is 9.59 Å². The molecule has 0 unspecified atom stereocenters. The van der Waals surface area contributed by atoms with Crippen molar-refractivity contribution in [1.29, 1.82) is 0 Å². The molecule has 10 heteroatoms. The van der Waals surface area contributed by atoms with Crippen molar-refractivity contribution in [3.05, 3.63) is 64.8 Å². The number of carbonyl (C=O) groups is 2. The minimum atomic E-state index is -0.899. The number of carbonyl (C=O) groups excluding carboxylic acids is 2. The molecular weight excluding hydrogens is 472 g/mol. The third-order valence-corrected chi connectivity index (χ3v) is 6.21. The van der Waals surface area contributed by atoms with E-state index >= 15 is 0 Å². The summed E-state index contributed by atoms with van der Waals surface area (Å²) in [7, 11) is 1.50. The summed E-state index contributed by atoms with van der Waals surface area (Å²) in [6, 6.07) is 9.70. The second-order valence-corrected chi connectivity index (χ2v) is 8.96. The summed E-state index contributed by atoms with van der Waals surface area (Å²) in [5, 5.41) is 3.23. The third kappa shape index (κ3) is 4.68. The highest BCUT2D eigenvalue weighted by Crippen LogP contribution is 2.42. The number of pyridine rings is 1. The molecule has 4 rings (SSSR count). The van der Waals surface area contributed by atoms with Gasteiger partial charge in [-0.05, 0) is 24.0 Å². The van der Waals surface area contributed by atoms with Crippen molar-refractivity contribution < 1.29 is 23.5 Å². The Kier molecular flexibility index (Phi) is 6.98. The van der Waals surface area contributed by atoms with E-state index < -0.39 is 11.4 Å². The van der Waals surface area contributed by atoms with Gasteiger partial charge in [0.25, 0.3) is 6.01 Å². The van der Waals surface area contributed by atoms with Crippen LogP contribution in [0.2, 0.25) is 5.15 Å². The number of nitrogens with zero attached hydrogens (tertiary/aromatic N) is 3. The standard InChI is InChI=1S/C25H27ClN4O5/c1-5-34-22(31)19-12-35-24(29-19)30-13-25(14-30,17-9-7-6-8-16(17)15(2)3)23(32)28-18-11-27-21(26)10-20(18)33-4/h6-12,15H,5,13-14H2,1-4H3,(H,28,32). The van der Waals surface area contributed by atoms with Crippen LogP contribution in [-0.4, -0.2) is 48.7 Å². The van der Waals surface area contributed by atoms with E-state index in [2.05, 4.69) is 29.1 Å². The Bertz CT molecular complexity index is 1240. The zero-order valence-electron chi connectivity index (χ0n) is 20.0. The third-order valence-electron chi connectivity index (χ3n) is 6.00. The molecule has 1 saturated heterocycles. The highest BCUT2D eigenvalue weighted by atomic mass is 35.5. The van der Waals surface area contributed by atoms with Crippen molar-refractivity contribution in [1.82, 2.24) is 9.97 Å². The van der Waals surface area contributed by atoms with Crippen LogP contribution >= 0.6 is 11.6 Å². The van der Waals surface area contributed by atoms with Crippen LogP contribution in [-0.2, 0) is 14.9 Å². The summed E-state index contributed by atoms with van der Waals surface area (Å²) >= 11 is 5.98. The number of benzene rings is 1. The van der Waals surface area contributed by atoms with Crippen LogP contribution in [0.3, 0.4) is 0 Å². The molecule has 1 aliphatic rings. The zero-order chi connectivity index (χ0) is 25.2. The molecule has 1 N–H and O–H groups in total. The minimum Gasteiger partial charge on any atom is -0.494 e. The van der Waals surface area contributed by atoms with E-state index in [0.717, 1.165) is 11.1 Å². The molecule has 9 nitrogen and oxygen atoms in total. The molecule has 0 aliphatic carbocycles. The van der Waals surface area contributed by atoms with Crippen LogP contribution in [0.4, 0.5) is 11.7 Å². The number of aromatic nitrogens is 2. The fourth-order valence-electron chi connectivity index (χ4n) is 4.24. The lowest BCUT2D eigenvalue weighted by molar-refractivity contribution is -0.122. The maximum atomic E-state index is 13.8. The van der Waals surface area contributed by atoms with E-state index in [1.54, 1.807) is 13.0 Å². The molecule has 3 heterocycles. The van der Waals surface area contributed by atoms with Gasteiger partial charge in [0, 0.05) is 19.2 Å². The van der Waals surface area contributed by atoms with Crippen molar-refractivity contribution in [2.45, 2.75) is 32.1 Å². The van der Waals surface area contributed by atoms with Crippen LogP contribution < -0.4 is 15.0 Å². The largest absolute Gasteiger partial charge is 0.494 e. The van der Waals surface area contributed by atoms with E-state index in [-0.39, 0.29) is 35.3 Å². The molecule has 0 saturated carbocycles. The van der Waals surface area contributed by atoms with Crippen molar-refractivity contribution in [2.75, 3.05) is 37.0 Å². The number of halogens is 1. The summed E-state index contributed by atoms with van der Waals surface area (Å²) in [6.45, 7) is 6.74. The molecule has 1 fully saturated rings. The van der Waals surface area contributed by atoms with Gasteiger partial charge in [-0.3, -0.25) is 4.79 Å². The van der Waals surface area contributed by atoms with Crippen LogP contribution in [0.5, 0.6) is 5.75 Å². The van der Waals surface area contributed by atoms with Crippen molar-refractivity contribution >= 4 is 35.2 Å². The highest BCUT2D eigenvalue weighted by molar-refractivity contribution is 6.29. The predicted molar refractivity (Wildman–Crippen MR) is 131 cm³/mol. The van der Waals surface area contributed by atoms with E-state index in [0.29, 0.717) is 24.5 Å². The number of anilines is 2. The number of esters is 1. The Hall–Kier alpha value is -3.59. The van der Waals surface area contributed by atoms with E-state index in [1.807, 2.05) is 29.2 Å². The first kappa shape index (κ1) is 24.5. The topological polar surface area (TPSA) is 107 Å². The molecule has 1 amide bonds. The first-order chi connectivity index (χ1) is 16.8. The average molecular weight is 499 g/mol. The lowest BCUT2D eigenvalue weighted by Crippen LogP contribution is -2.65. The van der Waals surface area contributed by atoms with Gasteiger partial charge < -0.3 is 24.1 Å². The summed E-state index contributed by atoms with van der Waals surface area (Å²) in [4.78, 5) is 36.0. The van der Waals surface area contributed by atoms with Gasteiger partial charge in [0.15, 0.2) is 5.69 Å². The Morgan fingerprint density at radius 2 is 2.03 bits per heavy atom. The highest BCUT2D eigenvalue weighted by Gasteiger charge is 2.53. The van der Waals surface area contributed by atoms with Crippen molar-refractivity contribution in [3.8, 4) is 5.75 Å². The normalized spacial score (nSPS) is 14.4. The molecule has 35 heavy (non-hydrogen) atoms. The number of rotatable bonds is 8. The predicted octanol–water partition coefficient (Wildman–Crippen LogP) is 4.43. The van der Waals surface area contributed by atoms with Gasteiger partial charge in [-0.15, -0.1) is 0 Å². The second kappa shape index (κ2) is 9.95. The SMILES string of the molecule is CCOC(=O)c1coc(N2CC(C(=O)Nc3cnc(Cl)cc3OC)(c3ccccc3C(C)C)C2)n1. The molecule has 3 aromatic rings. The molecule has 0 spiro atoms. The number of hydrogen-bond donors (Lipinski definition) is 1. The van der Waals surface area contributed by atoms with Gasteiger partial charge in [0.1, 0.15) is 28.3 Å². The van der Waals surface area contributed by atoms with Crippen LogP contribution in [0.25, 0.3) is 0 Å². The van der Waals surface area contributed by atoms with Gasteiger partial charge in [0.05, 0.1) is 19.9 Å². The Morgan fingerprint density at radius 1 is 1.29 bits per heavy atom. The fraction of sp³-hybridized carbons (Fsp3) is 0.360. The van der Waals surface area contributed by atoms with Gasteiger partial charge in [-0.1, -0.05) is 49.7 Å². The molecule has 0 radical (unpaired) electrons. The molecule has 0 atom stereocenters. The number of nitrogens with one attached hydrogen (secondary N) is 1. The summed E-state index contributed by atoms with van der Waals surface area (Å²) in [6.07, 6.45) is 2.73. The Balaban J connectivity index is 1.67. The monoisotopic (exact) mass is 498 g/mol. The lowest BCUT2D eigenvalue weighted by Gasteiger charge is -2.49. The van der Waals surface area contributed by atoms with Crippen molar-refractivity contribution in [3.63, 3.8) is 0 Å². The second-order valence-electron chi connectivity index (χ2n) is 8.58. The number of methoxy groups -OCH3 is 1. The maximum Gasteiger partial charge on any atom is 0.360 e. The molecular formula is C25H27ClN4O5. The molecule has 1 aliphatic heterocycles. The van der Waals surface area contributed by atoms with E-state index in [4.69, 9.17) is 25.5 Å². The van der Waals surface area contributed by atoms with Crippen LogP contribution in [0, 0.1) is 0 Å². The number of amides is 1. The number of oxazole rings is 1. The summed E-state index contributed by atoms with van der Waals surface area (Å²) < 4.78 is 15.9. The summed E-state index contributed by atoms with van der Waals surface area (Å²) in [5.41, 5.74) is 1.60. The molecule has 184 valence electrons. The van der Waals surface area contributed by atoms with Crippen LogP contribution in [0.15, 0.2) is 47.2 Å². The fourth-order valence-corrected chi connectivity index (χ4v) is 4.39. The smallest absolute Gasteiger partial charge is 0.360 e. The average Bonchev–Trinajstić information content (AvgIpc) is 3.30. The minimum absolute atomic E-state index is 0.0864. The molecule has 0 bridgehead atoms. The Labute approximate surface area is 208 Å². The maximum absolute atomic E-state index is 13.8. The summed E-state index contributed by atoms with van der Waals surface area (Å²) in [5.74, 6) is -0.164. The van der Waals surface area contributed by atoms with Crippen molar-refractivity contribution in [2.24, 2.45) is 0 Å². The first-order valence-corrected chi connectivity index (χ1v) is 11.6. The van der Waals surface area contributed by atoms with Gasteiger partial charge in [-0.25, -0.2) is 9.78 Å². The zero-order valence-corrected chi connectivity index (χ0v) is 20.8. The Morgan fingerprint density at radius 3 is 2.71 bits per heavy atom. The number of ether oxygens (including phenoxy) is 2.